The molecule has 1 aromatic carbocycles. The fourth-order valence-electron chi connectivity index (χ4n) is 1.75. The average molecular weight is 271 g/mol. The third-order valence-electron chi connectivity index (χ3n) is 2.72. The van der Waals surface area contributed by atoms with Gasteiger partial charge >= 0.3 is 0 Å². The number of nitrogens with zero attached hydrogens (tertiary/aromatic N) is 4. The van der Waals surface area contributed by atoms with Gasteiger partial charge in [-0.3, -0.25) is 14.9 Å². The first-order valence-corrected chi connectivity index (χ1v) is 5.51. The summed E-state index contributed by atoms with van der Waals surface area (Å²) in [6.07, 6.45) is 0.549. The van der Waals surface area contributed by atoms with Crippen LogP contribution in [0.15, 0.2) is 24.3 Å². The van der Waals surface area contributed by atoms with Crippen LogP contribution in [0.5, 0.6) is 0 Å². The first-order chi connectivity index (χ1) is 9.58. The lowest BCUT2D eigenvalue weighted by Crippen LogP contribution is -2.03. The highest BCUT2D eigenvalue weighted by molar-refractivity contribution is 5.91. The van der Waals surface area contributed by atoms with Crippen molar-refractivity contribution in [2.24, 2.45) is 0 Å². The molecule has 8 nitrogen and oxygen atoms in total. The van der Waals surface area contributed by atoms with Gasteiger partial charge < -0.3 is 5.73 Å². The Bertz CT molecular complexity index is 712. The number of carbonyl (C=O) groups excluding carboxylic acids is 1. The second-order valence-corrected chi connectivity index (χ2v) is 3.89. The minimum atomic E-state index is -0.521. The number of rotatable bonds is 4. The molecular weight excluding hydrogens is 262 g/mol. The van der Waals surface area contributed by atoms with Crippen molar-refractivity contribution < 1.29 is 9.72 Å². The van der Waals surface area contributed by atoms with Crippen LogP contribution in [0, 0.1) is 21.4 Å². The first-order valence-electron chi connectivity index (χ1n) is 5.51. The highest BCUT2D eigenvalue weighted by Crippen LogP contribution is 2.27. The molecule has 0 aliphatic carbocycles. The molecule has 0 spiro atoms. The molecule has 0 unspecified atom stereocenters. The van der Waals surface area contributed by atoms with E-state index in [9.17, 15) is 14.9 Å². The largest absolute Gasteiger partial charge is 0.383 e. The fraction of sp³-hybridized carbons (Fsp3) is 0.0833. The predicted molar refractivity (Wildman–Crippen MR) is 69.7 cm³/mol. The Morgan fingerprint density at radius 1 is 1.45 bits per heavy atom. The fourth-order valence-corrected chi connectivity index (χ4v) is 1.75. The first kappa shape index (κ1) is 13.2. The Kier molecular flexibility index (Phi) is 3.43. The molecule has 20 heavy (non-hydrogen) atoms. The molecule has 2 rings (SSSR count). The van der Waals surface area contributed by atoms with Gasteiger partial charge in [-0.15, -0.1) is 0 Å². The maximum Gasteiger partial charge on any atom is 0.269 e. The van der Waals surface area contributed by atoms with E-state index in [1.165, 1.54) is 28.9 Å². The van der Waals surface area contributed by atoms with Gasteiger partial charge in [0.1, 0.15) is 18.1 Å². The van der Waals surface area contributed by atoms with Crippen molar-refractivity contribution in [2.45, 2.75) is 6.54 Å². The van der Waals surface area contributed by atoms with Crippen molar-refractivity contribution in [2.75, 3.05) is 5.73 Å². The average Bonchev–Trinajstić information content (AvgIpc) is 2.76. The Hall–Kier alpha value is -3.21. The van der Waals surface area contributed by atoms with Gasteiger partial charge in [0.05, 0.1) is 16.6 Å². The van der Waals surface area contributed by atoms with Crippen molar-refractivity contribution in [3.05, 3.63) is 39.9 Å². The van der Waals surface area contributed by atoms with E-state index in [4.69, 9.17) is 11.0 Å². The SMILES string of the molecule is N#CCn1nc(-c2ccc([N+](=O)[O-])cc2)c(C=O)c1N. The van der Waals surface area contributed by atoms with E-state index in [0.29, 0.717) is 17.5 Å². The van der Waals surface area contributed by atoms with Crippen molar-refractivity contribution in [3.8, 4) is 17.3 Å². The zero-order valence-corrected chi connectivity index (χ0v) is 10.2. The van der Waals surface area contributed by atoms with Crippen LogP contribution in [0.3, 0.4) is 0 Å². The number of non-ortho nitro benzene ring substituents is 1. The van der Waals surface area contributed by atoms with E-state index in [-0.39, 0.29) is 23.6 Å². The van der Waals surface area contributed by atoms with Gasteiger partial charge in [-0.1, -0.05) is 0 Å². The molecule has 0 fully saturated rings. The normalized spacial score (nSPS) is 9.95. The summed E-state index contributed by atoms with van der Waals surface area (Å²) < 4.78 is 1.21. The van der Waals surface area contributed by atoms with E-state index in [1.54, 1.807) is 0 Å². The summed E-state index contributed by atoms with van der Waals surface area (Å²) in [5.74, 6) is 0.0925. The number of hydrogen-bond acceptors (Lipinski definition) is 6. The molecule has 0 aliphatic rings. The van der Waals surface area contributed by atoms with Crippen LogP contribution in [0.1, 0.15) is 10.4 Å². The van der Waals surface area contributed by atoms with Gasteiger partial charge in [-0.05, 0) is 12.1 Å². The van der Waals surface area contributed by atoms with E-state index in [0.717, 1.165) is 0 Å². The quantitative estimate of drug-likeness (QED) is 0.508. The Morgan fingerprint density at radius 2 is 2.10 bits per heavy atom. The molecule has 1 heterocycles. The molecule has 0 saturated carbocycles. The number of nitriles is 1. The number of nitro benzene ring substituents is 1. The van der Waals surface area contributed by atoms with Crippen LogP contribution in [0.4, 0.5) is 11.5 Å². The molecule has 2 N–H and O–H groups in total. The molecule has 0 bridgehead atoms. The lowest BCUT2D eigenvalue weighted by Gasteiger charge is -1.97. The summed E-state index contributed by atoms with van der Waals surface area (Å²) in [5.41, 5.74) is 6.63. The maximum atomic E-state index is 11.1. The predicted octanol–water partition coefficient (Wildman–Crippen LogP) is 1.38. The minimum Gasteiger partial charge on any atom is -0.383 e. The Balaban J connectivity index is 2.52. The summed E-state index contributed by atoms with van der Waals surface area (Å²) in [7, 11) is 0. The number of carbonyl (C=O) groups is 1. The Labute approximate surface area is 113 Å². The van der Waals surface area contributed by atoms with Crippen LogP contribution < -0.4 is 5.73 Å². The van der Waals surface area contributed by atoms with E-state index >= 15 is 0 Å². The molecule has 0 amide bonds. The number of aldehydes is 1. The molecule has 0 aliphatic heterocycles. The Morgan fingerprint density at radius 3 is 2.60 bits per heavy atom. The van der Waals surface area contributed by atoms with Crippen LogP contribution >= 0.6 is 0 Å². The zero-order valence-electron chi connectivity index (χ0n) is 10.2. The number of nitro groups is 1. The number of aromatic nitrogens is 2. The van der Waals surface area contributed by atoms with Crippen molar-refractivity contribution in [1.82, 2.24) is 9.78 Å². The second kappa shape index (κ2) is 5.19. The summed E-state index contributed by atoms with van der Waals surface area (Å²) in [6.45, 7) is -0.0837. The minimum absolute atomic E-state index is 0.0640. The van der Waals surface area contributed by atoms with E-state index in [2.05, 4.69) is 5.10 Å². The van der Waals surface area contributed by atoms with Crippen molar-refractivity contribution in [3.63, 3.8) is 0 Å². The highest BCUT2D eigenvalue weighted by Gasteiger charge is 2.17. The van der Waals surface area contributed by atoms with Crippen molar-refractivity contribution >= 4 is 17.8 Å². The second-order valence-electron chi connectivity index (χ2n) is 3.89. The molecular formula is C12H9N5O3. The summed E-state index contributed by atoms with van der Waals surface area (Å²) in [5, 5.41) is 23.3. The zero-order chi connectivity index (χ0) is 14.7. The molecule has 0 saturated heterocycles. The third kappa shape index (κ3) is 2.20. The maximum absolute atomic E-state index is 11.1. The van der Waals surface area contributed by atoms with Crippen LogP contribution in [0.25, 0.3) is 11.3 Å². The number of nitrogen functional groups attached to an aromatic ring is 1. The summed E-state index contributed by atoms with van der Waals surface area (Å²) >= 11 is 0. The van der Waals surface area contributed by atoms with Crippen LogP contribution in [-0.4, -0.2) is 21.0 Å². The monoisotopic (exact) mass is 271 g/mol. The van der Waals surface area contributed by atoms with Crippen LogP contribution in [-0.2, 0) is 6.54 Å². The van der Waals surface area contributed by atoms with Crippen molar-refractivity contribution in [1.29, 1.82) is 5.26 Å². The summed E-state index contributed by atoms with van der Waals surface area (Å²) in [6, 6.07) is 7.45. The molecule has 8 heteroatoms. The van der Waals surface area contributed by atoms with E-state index < -0.39 is 4.92 Å². The number of nitrogens with two attached hydrogens (primary N) is 1. The van der Waals surface area contributed by atoms with Gasteiger partial charge in [0.15, 0.2) is 6.29 Å². The van der Waals surface area contributed by atoms with Gasteiger partial charge in [-0.2, -0.15) is 10.4 Å². The molecule has 1 aromatic heterocycles. The van der Waals surface area contributed by atoms with Gasteiger partial charge in [0, 0.05) is 17.7 Å². The van der Waals surface area contributed by atoms with Gasteiger partial charge in [0.25, 0.3) is 5.69 Å². The van der Waals surface area contributed by atoms with E-state index in [1.807, 2.05) is 6.07 Å². The van der Waals surface area contributed by atoms with Gasteiger partial charge in [0.2, 0.25) is 0 Å². The lowest BCUT2D eigenvalue weighted by molar-refractivity contribution is -0.384. The smallest absolute Gasteiger partial charge is 0.269 e. The molecule has 100 valence electrons. The lowest BCUT2D eigenvalue weighted by atomic mass is 10.1. The third-order valence-corrected chi connectivity index (χ3v) is 2.72. The molecule has 0 atom stereocenters. The highest BCUT2D eigenvalue weighted by atomic mass is 16.6. The number of anilines is 1. The van der Waals surface area contributed by atoms with Gasteiger partial charge in [-0.25, -0.2) is 4.68 Å². The topological polar surface area (TPSA) is 128 Å². The number of hydrogen-bond donors (Lipinski definition) is 1. The molecule has 2 aromatic rings. The standard InChI is InChI=1S/C12H9N5O3/c13-5-6-16-12(14)10(7-18)11(15-16)8-1-3-9(4-2-8)17(19)20/h1-4,7H,6,14H2. The molecule has 0 radical (unpaired) electrons. The number of benzene rings is 1. The summed E-state index contributed by atoms with van der Waals surface area (Å²) in [4.78, 5) is 21.2. The van der Waals surface area contributed by atoms with Crippen LogP contribution in [0.2, 0.25) is 0 Å².